The summed E-state index contributed by atoms with van der Waals surface area (Å²) in [5.74, 6) is 0. The zero-order valence-corrected chi connectivity index (χ0v) is 11.5. The highest BCUT2D eigenvalue weighted by molar-refractivity contribution is 9.09. The molecule has 1 amide bonds. The Labute approximate surface area is 109 Å². The van der Waals surface area contributed by atoms with Crippen molar-refractivity contribution in [2.45, 2.75) is 39.0 Å². The number of amides is 1. The Hall–Kier alpha value is -1.04. The molecule has 2 rings (SSSR count). The van der Waals surface area contributed by atoms with Crippen molar-refractivity contribution >= 4 is 22.0 Å². The van der Waals surface area contributed by atoms with Crippen LogP contribution in [0.5, 0.6) is 0 Å². The molecule has 17 heavy (non-hydrogen) atoms. The number of carbonyl (C=O) groups is 1. The van der Waals surface area contributed by atoms with Gasteiger partial charge in [0.1, 0.15) is 6.10 Å². The van der Waals surface area contributed by atoms with Crippen LogP contribution in [0.3, 0.4) is 0 Å². The average molecular weight is 302 g/mol. The molecule has 1 aromatic rings. The Kier molecular flexibility index (Phi) is 3.71. The SMILES string of the molecule is CCn1cc([C@@H]2CC(CBr)OC(=O)N2)c(C)n1. The summed E-state index contributed by atoms with van der Waals surface area (Å²) in [7, 11) is 0. The summed E-state index contributed by atoms with van der Waals surface area (Å²) >= 11 is 3.35. The van der Waals surface area contributed by atoms with E-state index < -0.39 is 0 Å². The van der Waals surface area contributed by atoms with E-state index in [2.05, 4.69) is 26.3 Å². The maximum absolute atomic E-state index is 11.4. The van der Waals surface area contributed by atoms with Crippen LogP contribution in [0.15, 0.2) is 6.20 Å². The number of halogens is 1. The van der Waals surface area contributed by atoms with Gasteiger partial charge in [-0.3, -0.25) is 4.68 Å². The molecule has 1 saturated heterocycles. The number of alkyl halides is 1. The van der Waals surface area contributed by atoms with Crippen molar-refractivity contribution in [1.82, 2.24) is 15.1 Å². The predicted molar refractivity (Wildman–Crippen MR) is 67.2 cm³/mol. The monoisotopic (exact) mass is 301 g/mol. The van der Waals surface area contributed by atoms with Crippen LogP contribution in [0, 0.1) is 6.92 Å². The second kappa shape index (κ2) is 5.08. The van der Waals surface area contributed by atoms with E-state index in [0.29, 0.717) is 5.33 Å². The van der Waals surface area contributed by atoms with Crippen LogP contribution in [-0.2, 0) is 11.3 Å². The Morgan fingerprint density at radius 1 is 1.71 bits per heavy atom. The quantitative estimate of drug-likeness (QED) is 0.870. The lowest BCUT2D eigenvalue weighted by Crippen LogP contribution is -2.41. The van der Waals surface area contributed by atoms with Crippen LogP contribution in [0.1, 0.15) is 30.6 Å². The van der Waals surface area contributed by atoms with Gasteiger partial charge in [0.25, 0.3) is 0 Å². The molecule has 0 aromatic carbocycles. The topological polar surface area (TPSA) is 56.1 Å². The molecule has 0 saturated carbocycles. The summed E-state index contributed by atoms with van der Waals surface area (Å²) in [5, 5.41) is 7.90. The summed E-state index contributed by atoms with van der Waals surface area (Å²) in [4.78, 5) is 11.4. The molecule has 1 aliphatic rings. The lowest BCUT2D eigenvalue weighted by atomic mass is 10.0. The van der Waals surface area contributed by atoms with Crippen LogP contribution in [0.25, 0.3) is 0 Å². The van der Waals surface area contributed by atoms with Crippen LogP contribution >= 0.6 is 15.9 Å². The minimum atomic E-state index is -0.352. The molecule has 2 heterocycles. The molecule has 0 radical (unpaired) electrons. The summed E-state index contributed by atoms with van der Waals surface area (Å²) in [6.07, 6.45) is 2.34. The van der Waals surface area contributed by atoms with E-state index in [1.54, 1.807) is 0 Å². The van der Waals surface area contributed by atoms with Crippen molar-refractivity contribution in [3.05, 3.63) is 17.5 Å². The van der Waals surface area contributed by atoms with Gasteiger partial charge in [-0.05, 0) is 13.8 Å². The van der Waals surface area contributed by atoms with Gasteiger partial charge in [-0.2, -0.15) is 5.10 Å². The number of cyclic esters (lactones) is 1. The van der Waals surface area contributed by atoms with Gasteiger partial charge in [-0.25, -0.2) is 4.79 Å². The number of aryl methyl sites for hydroxylation is 2. The third kappa shape index (κ3) is 2.62. The molecule has 0 bridgehead atoms. The first-order valence-electron chi connectivity index (χ1n) is 5.71. The summed E-state index contributed by atoms with van der Waals surface area (Å²) in [6.45, 7) is 4.84. The highest BCUT2D eigenvalue weighted by Gasteiger charge is 2.29. The number of ether oxygens (including phenoxy) is 1. The van der Waals surface area contributed by atoms with Crippen LogP contribution in [0.4, 0.5) is 4.79 Å². The van der Waals surface area contributed by atoms with E-state index in [9.17, 15) is 4.79 Å². The molecule has 1 aromatic heterocycles. The Morgan fingerprint density at radius 3 is 3.06 bits per heavy atom. The Bertz CT molecular complexity index is 419. The number of carbonyl (C=O) groups excluding carboxylic acids is 1. The van der Waals surface area contributed by atoms with Gasteiger partial charge in [0.2, 0.25) is 0 Å². The fraction of sp³-hybridized carbons (Fsp3) is 0.636. The third-order valence-corrected chi connectivity index (χ3v) is 3.64. The molecule has 1 aliphatic heterocycles. The van der Waals surface area contributed by atoms with E-state index in [0.717, 1.165) is 24.2 Å². The van der Waals surface area contributed by atoms with Gasteiger partial charge in [-0.1, -0.05) is 15.9 Å². The van der Waals surface area contributed by atoms with Gasteiger partial charge < -0.3 is 10.1 Å². The molecular formula is C11H16BrN3O2. The normalized spacial score (nSPS) is 24.3. The van der Waals surface area contributed by atoms with Crippen molar-refractivity contribution in [2.75, 3.05) is 5.33 Å². The van der Waals surface area contributed by atoms with E-state index in [1.165, 1.54) is 0 Å². The first kappa shape index (κ1) is 12.4. The molecule has 94 valence electrons. The molecule has 0 aliphatic carbocycles. The second-order valence-electron chi connectivity index (χ2n) is 4.14. The van der Waals surface area contributed by atoms with Gasteiger partial charge in [0, 0.05) is 30.1 Å². The van der Waals surface area contributed by atoms with Gasteiger partial charge in [0.05, 0.1) is 11.7 Å². The molecule has 5 nitrogen and oxygen atoms in total. The minimum absolute atomic E-state index is 0.000833. The number of aromatic nitrogens is 2. The van der Waals surface area contributed by atoms with Gasteiger partial charge in [0.15, 0.2) is 0 Å². The van der Waals surface area contributed by atoms with Crippen molar-refractivity contribution in [1.29, 1.82) is 0 Å². The molecule has 1 N–H and O–H groups in total. The van der Waals surface area contributed by atoms with Gasteiger partial charge in [-0.15, -0.1) is 0 Å². The number of alkyl carbamates (subject to hydrolysis) is 1. The fourth-order valence-electron chi connectivity index (χ4n) is 2.03. The van der Waals surface area contributed by atoms with Crippen molar-refractivity contribution in [3.8, 4) is 0 Å². The van der Waals surface area contributed by atoms with E-state index in [1.807, 2.05) is 24.7 Å². The second-order valence-corrected chi connectivity index (χ2v) is 4.79. The van der Waals surface area contributed by atoms with Gasteiger partial charge >= 0.3 is 6.09 Å². The zero-order valence-electron chi connectivity index (χ0n) is 9.94. The first-order chi connectivity index (χ1) is 8.13. The summed E-state index contributed by atoms with van der Waals surface area (Å²) < 4.78 is 7.02. The number of hydrogen-bond donors (Lipinski definition) is 1. The highest BCUT2D eigenvalue weighted by atomic mass is 79.9. The standard InChI is InChI=1S/C11H16BrN3O2/c1-3-15-6-9(7(2)14-15)10-4-8(5-12)17-11(16)13-10/h6,8,10H,3-5H2,1-2H3,(H,13,16)/t8?,10-/m0/s1. The number of hydrogen-bond acceptors (Lipinski definition) is 3. The fourth-order valence-corrected chi connectivity index (χ4v) is 2.43. The molecule has 1 unspecified atom stereocenters. The van der Waals surface area contributed by atoms with Crippen molar-refractivity contribution < 1.29 is 9.53 Å². The van der Waals surface area contributed by atoms with Crippen LogP contribution < -0.4 is 5.32 Å². The number of nitrogens with one attached hydrogen (secondary N) is 1. The summed E-state index contributed by atoms with van der Waals surface area (Å²) in [5.41, 5.74) is 2.04. The van der Waals surface area contributed by atoms with E-state index in [4.69, 9.17) is 4.74 Å². The zero-order chi connectivity index (χ0) is 12.4. The molecular weight excluding hydrogens is 286 g/mol. The maximum Gasteiger partial charge on any atom is 0.407 e. The maximum atomic E-state index is 11.4. The minimum Gasteiger partial charge on any atom is -0.445 e. The van der Waals surface area contributed by atoms with Crippen LogP contribution in [-0.4, -0.2) is 27.3 Å². The Balaban J connectivity index is 2.20. The lowest BCUT2D eigenvalue weighted by molar-refractivity contribution is 0.0714. The molecule has 2 atom stereocenters. The third-order valence-electron chi connectivity index (χ3n) is 2.92. The summed E-state index contributed by atoms with van der Waals surface area (Å²) in [6, 6.07) is -0.000833. The number of rotatable bonds is 3. The first-order valence-corrected chi connectivity index (χ1v) is 6.83. The van der Waals surface area contributed by atoms with Crippen LogP contribution in [0.2, 0.25) is 0 Å². The van der Waals surface area contributed by atoms with Crippen molar-refractivity contribution in [3.63, 3.8) is 0 Å². The predicted octanol–water partition coefficient (Wildman–Crippen LogP) is 2.15. The average Bonchev–Trinajstić information content (AvgIpc) is 2.69. The highest BCUT2D eigenvalue weighted by Crippen LogP contribution is 2.26. The van der Waals surface area contributed by atoms with E-state index in [-0.39, 0.29) is 18.2 Å². The smallest absolute Gasteiger partial charge is 0.407 e. The number of nitrogens with zero attached hydrogens (tertiary/aromatic N) is 2. The molecule has 0 spiro atoms. The van der Waals surface area contributed by atoms with Crippen molar-refractivity contribution in [2.24, 2.45) is 0 Å². The lowest BCUT2D eigenvalue weighted by Gasteiger charge is -2.28. The largest absolute Gasteiger partial charge is 0.445 e. The van der Waals surface area contributed by atoms with E-state index >= 15 is 0 Å². The Morgan fingerprint density at radius 2 is 2.47 bits per heavy atom. The molecule has 1 fully saturated rings. The molecule has 6 heteroatoms.